The number of nitrogens with one attached hydrogen (secondary N) is 1. The molecule has 222 valence electrons. The molecule has 0 saturated heterocycles. The van der Waals surface area contributed by atoms with E-state index in [1.807, 2.05) is 12.1 Å². The first-order chi connectivity index (χ1) is 20.5. The lowest BCUT2D eigenvalue weighted by molar-refractivity contribution is -0.136. The number of carbonyl (C=O) groups is 3. The minimum atomic E-state index is -4.40. The number of benzene rings is 4. The zero-order valence-electron chi connectivity index (χ0n) is 22.8. The molecule has 0 bridgehead atoms. The van der Waals surface area contributed by atoms with Crippen LogP contribution >= 0.6 is 0 Å². The van der Waals surface area contributed by atoms with Crippen LogP contribution in [0.2, 0.25) is 0 Å². The van der Waals surface area contributed by atoms with Crippen LogP contribution in [0.5, 0.6) is 5.75 Å². The monoisotopic (exact) mass is 591 g/mol. The van der Waals surface area contributed by atoms with Gasteiger partial charge in [-0.05, 0) is 64.7 Å². The molecule has 0 saturated carbocycles. The van der Waals surface area contributed by atoms with E-state index in [-0.39, 0.29) is 42.1 Å². The lowest BCUT2D eigenvalue weighted by atomic mass is 10.1. The predicted molar refractivity (Wildman–Crippen MR) is 156 cm³/mol. The van der Waals surface area contributed by atoms with E-state index >= 15 is 0 Å². The van der Waals surface area contributed by atoms with Crippen molar-refractivity contribution in [2.24, 2.45) is 0 Å². The van der Waals surface area contributed by atoms with Crippen molar-refractivity contribution < 1.29 is 37.4 Å². The van der Waals surface area contributed by atoms with E-state index in [0.29, 0.717) is 11.3 Å². The van der Waals surface area contributed by atoms with Gasteiger partial charge in [-0.25, -0.2) is 4.79 Å². The number of ether oxygens (including phenoxy) is 1. The normalized spacial score (nSPS) is 11.0. The number of rotatable bonds is 10. The summed E-state index contributed by atoms with van der Waals surface area (Å²) in [5.74, 6) is -1.40. The molecule has 4 N–H and O–H groups in total. The zero-order chi connectivity index (χ0) is 31.0. The van der Waals surface area contributed by atoms with Gasteiger partial charge in [-0.2, -0.15) is 13.2 Å². The molecule has 43 heavy (non-hydrogen) atoms. The molecule has 0 atom stereocenters. The van der Waals surface area contributed by atoms with E-state index < -0.39 is 30.6 Å². The maximum absolute atomic E-state index is 13.5. The molecule has 4 rings (SSSR count). The number of hydrogen-bond acceptors (Lipinski definition) is 5. The van der Waals surface area contributed by atoms with E-state index in [2.05, 4.69) is 5.32 Å². The molecule has 0 unspecified atom stereocenters. The first-order valence-electron chi connectivity index (χ1n) is 13.2. The van der Waals surface area contributed by atoms with E-state index in [1.165, 1.54) is 41.3 Å². The SMILES string of the molecule is Nc1ccc(-c2ccc(OC(=O)N(Cc3cccc(CC(F)(F)F)c3)c3cccc(C(=O)NCCC(=O)O)c3)cc2)cc1. The van der Waals surface area contributed by atoms with E-state index in [0.717, 1.165) is 11.1 Å². The lowest BCUT2D eigenvalue weighted by Crippen LogP contribution is -2.33. The number of aliphatic carboxylic acids is 1. The van der Waals surface area contributed by atoms with Gasteiger partial charge in [0.2, 0.25) is 0 Å². The topological polar surface area (TPSA) is 122 Å². The summed E-state index contributed by atoms with van der Waals surface area (Å²) >= 11 is 0. The maximum atomic E-state index is 13.5. The molecule has 0 spiro atoms. The van der Waals surface area contributed by atoms with Gasteiger partial charge in [0.25, 0.3) is 5.91 Å². The number of amides is 2. The quantitative estimate of drug-likeness (QED) is 0.182. The van der Waals surface area contributed by atoms with Crippen LogP contribution in [-0.2, 0) is 17.8 Å². The second-order valence-electron chi connectivity index (χ2n) is 9.66. The highest BCUT2D eigenvalue weighted by atomic mass is 19.4. The lowest BCUT2D eigenvalue weighted by Gasteiger charge is -2.23. The fourth-order valence-corrected chi connectivity index (χ4v) is 4.26. The van der Waals surface area contributed by atoms with Crippen molar-refractivity contribution in [2.45, 2.75) is 25.6 Å². The van der Waals surface area contributed by atoms with Gasteiger partial charge in [-0.3, -0.25) is 14.5 Å². The van der Waals surface area contributed by atoms with Gasteiger partial charge in [0.1, 0.15) is 5.75 Å². The smallest absolute Gasteiger partial charge is 0.420 e. The Morgan fingerprint density at radius 3 is 2.12 bits per heavy atom. The first kappa shape index (κ1) is 30.6. The largest absolute Gasteiger partial charge is 0.481 e. The molecule has 11 heteroatoms. The van der Waals surface area contributed by atoms with E-state index in [4.69, 9.17) is 15.6 Å². The number of nitrogens with two attached hydrogens (primary N) is 1. The van der Waals surface area contributed by atoms with Crippen molar-refractivity contribution in [1.29, 1.82) is 0 Å². The summed E-state index contributed by atoms with van der Waals surface area (Å²) < 4.78 is 44.7. The van der Waals surface area contributed by atoms with Crippen molar-refractivity contribution in [1.82, 2.24) is 5.32 Å². The third-order valence-corrected chi connectivity index (χ3v) is 6.30. The zero-order valence-corrected chi connectivity index (χ0v) is 22.8. The highest BCUT2D eigenvalue weighted by molar-refractivity contribution is 5.97. The molecule has 0 aliphatic rings. The second-order valence-corrected chi connectivity index (χ2v) is 9.66. The molecule has 0 aliphatic heterocycles. The minimum absolute atomic E-state index is 0.0307. The highest BCUT2D eigenvalue weighted by Gasteiger charge is 2.28. The molecule has 0 radical (unpaired) electrons. The summed E-state index contributed by atoms with van der Waals surface area (Å²) in [5, 5.41) is 11.3. The summed E-state index contributed by atoms with van der Waals surface area (Å²) in [4.78, 5) is 38.1. The predicted octanol–water partition coefficient (Wildman–Crippen LogP) is 6.45. The average molecular weight is 592 g/mol. The third kappa shape index (κ3) is 9.09. The van der Waals surface area contributed by atoms with Crippen LogP contribution in [0.25, 0.3) is 11.1 Å². The van der Waals surface area contributed by atoms with Gasteiger partial charge in [0.05, 0.1) is 19.4 Å². The molecule has 4 aromatic carbocycles. The number of anilines is 2. The molecular weight excluding hydrogens is 563 g/mol. The van der Waals surface area contributed by atoms with Crippen LogP contribution in [0.3, 0.4) is 0 Å². The van der Waals surface area contributed by atoms with Gasteiger partial charge in [-0.15, -0.1) is 0 Å². The summed E-state index contributed by atoms with van der Waals surface area (Å²) in [5.41, 5.74) is 8.99. The number of carboxylic acid groups (broad SMARTS) is 1. The first-order valence-corrected chi connectivity index (χ1v) is 13.2. The number of alkyl halides is 3. The van der Waals surface area contributed by atoms with E-state index in [9.17, 15) is 27.6 Å². The summed E-state index contributed by atoms with van der Waals surface area (Å²) in [6.07, 6.45) is -6.63. The Morgan fingerprint density at radius 2 is 1.47 bits per heavy atom. The average Bonchev–Trinajstić information content (AvgIpc) is 2.96. The van der Waals surface area contributed by atoms with Gasteiger partial charge < -0.3 is 20.9 Å². The van der Waals surface area contributed by atoms with Crippen molar-refractivity contribution >= 4 is 29.3 Å². The maximum Gasteiger partial charge on any atom is 0.420 e. The van der Waals surface area contributed by atoms with Crippen LogP contribution in [0.15, 0.2) is 97.1 Å². The van der Waals surface area contributed by atoms with Gasteiger partial charge in [0.15, 0.2) is 0 Å². The van der Waals surface area contributed by atoms with Gasteiger partial charge >= 0.3 is 18.2 Å². The molecular formula is C32H28F3N3O5. The molecule has 2 amide bonds. The Balaban J connectivity index is 1.59. The Labute approximate surface area is 245 Å². The fraction of sp³-hybridized carbons (Fsp3) is 0.156. The summed E-state index contributed by atoms with van der Waals surface area (Å²) in [7, 11) is 0. The number of carboxylic acids is 1. The molecule has 8 nitrogen and oxygen atoms in total. The van der Waals surface area contributed by atoms with Crippen LogP contribution in [0.4, 0.5) is 29.3 Å². The molecule has 0 aromatic heterocycles. The second kappa shape index (κ2) is 13.6. The van der Waals surface area contributed by atoms with Crippen molar-refractivity contribution in [2.75, 3.05) is 17.2 Å². The number of nitrogen functional groups attached to an aromatic ring is 1. The fourth-order valence-electron chi connectivity index (χ4n) is 4.26. The van der Waals surface area contributed by atoms with Crippen LogP contribution in [-0.4, -0.2) is 35.8 Å². The molecule has 0 aliphatic carbocycles. The number of halogens is 3. The van der Waals surface area contributed by atoms with Gasteiger partial charge in [0, 0.05) is 23.5 Å². The Kier molecular flexibility index (Phi) is 9.66. The summed E-state index contributed by atoms with van der Waals surface area (Å²) in [6.45, 7) is -0.249. The number of hydrogen-bond donors (Lipinski definition) is 3. The Bertz CT molecular complexity index is 1590. The minimum Gasteiger partial charge on any atom is -0.481 e. The summed E-state index contributed by atoms with van der Waals surface area (Å²) in [6, 6.07) is 25.8. The van der Waals surface area contributed by atoms with E-state index in [1.54, 1.807) is 48.5 Å². The van der Waals surface area contributed by atoms with Crippen molar-refractivity contribution in [3.05, 3.63) is 114 Å². The van der Waals surface area contributed by atoms with Crippen LogP contribution < -0.4 is 20.7 Å². The standard InChI is InChI=1S/C32H28F3N3O5/c33-32(34,35)19-21-3-1-4-22(17-21)20-38(27-6-2-5-25(18-27)30(41)37-16-15-29(39)40)31(42)43-28-13-9-24(10-14-28)23-7-11-26(36)12-8-23/h1-14,17-18H,15-16,19-20,36H2,(H,37,41)(H,39,40). The number of nitrogens with zero attached hydrogens (tertiary/aromatic N) is 1. The third-order valence-electron chi connectivity index (χ3n) is 6.30. The molecule has 0 heterocycles. The number of carbonyl (C=O) groups excluding carboxylic acids is 2. The van der Waals surface area contributed by atoms with Crippen LogP contribution in [0.1, 0.15) is 27.9 Å². The Morgan fingerprint density at radius 1 is 0.837 bits per heavy atom. The van der Waals surface area contributed by atoms with Crippen LogP contribution in [0, 0.1) is 0 Å². The van der Waals surface area contributed by atoms with Crippen molar-refractivity contribution in [3.8, 4) is 16.9 Å². The van der Waals surface area contributed by atoms with Gasteiger partial charge in [-0.1, -0.05) is 54.6 Å². The molecule has 0 fully saturated rings. The molecule has 4 aromatic rings. The van der Waals surface area contributed by atoms with Crippen molar-refractivity contribution in [3.63, 3.8) is 0 Å². The Hall–Kier alpha value is -5.32. The highest BCUT2D eigenvalue weighted by Crippen LogP contribution is 2.27.